The molecule has 0 aliphatic carbocycles. The van der Waals surface area contributed by atoms with E-state index in [9.17, 15) is 9.18 Å². The molecule has 0 radical (unpaired) electrons. The molecular formula is C17H35FN2O5. The van der Waals surface area contributed by atoms with Crippen molar-refractivity contribution in [1.82, 2.24) is 10.6 Å². The number of hydrogen-bond donors (Lipinski definition) is 2. The van der Waals surface area contributed by atoms with Gasteiger partial charge in [-0.1, -0.05) is 13.8 Å². The van der Waals surface area contributed by atoms with Crippen LogP contribution in [-0.4, -0.2) is 84.6 Å². The van der Waals surface area contributed by atoms with E-state index < -0.39 is 6.17 Å². The van der Waals surface area contributed by atoms with Gasteiger partial charge in [-0.3, -0.25) is 4.79 Å². The number of rotatable bonds is 19. The van der Waals surface area contributed by atoms with Gasteiger partial charge in [-0.2, -0.15) is 0 Å². The van der Waals surface area contributed by atoms with Crippen LogP contribution in [0.2, 0.25) is 0 Å². The SMILES string of the molecule is CCCC(=O)NCC(F)COCCOCCOCCOCCNCC. The van der Waals surface area contributed by atoms with E-state index in [2.05, 4.69) is 17.6 Å². The molecule has 0 saturated heterocycles. The van der Waals surface area contributed by atoms with E-state index in [4.69, 9.17) is 18.9 Å². The lowest BCUT2D eigenvalue weighted by molar-refractivity contribution is -0.121. The Bertz CT molecular complexity index is 298. The van der Waals surface area contributed by atoms with Gasteiger partial charge >= 0.3 is 0 Å². The average Bonchev–Trinajstić information content (AvgIpc) is 2.60. The lowest BCUT2D eigenvalue weighted by atomic mass is 10.3. The maximum Gasteiger partial charge on any atom is 0.220 e. The van der Waals surface area contributed by atoms with Crippen LogP contribution in [0, 0.1) is 0 Å². The second kappa shape index (κ2) is 19.5. The van der Waals surface area contributed by atoms with Crippen LogP contribution in [0.1, 0.15) is 26.7 Å². The Kier molecular flexibility index (Phi) is 18.9. The van der Waals surface area contributed by atoms with Crippen LogP contribution >= 0.6 is 0 Å². The summed E-state index contributed by atoms with van der Waals surface area (Å²) in [4.78, 5) is 11.2. The maximum absolute atomic E-state index is 13.4. The summed E-state index contributed by atoms with van der Waals surface area (Å²) >= 11 is 0. The summed E-state index contributed by atoms with van der Waals surface area (Å²) in [6.07, 6.45) is -0.0215. The van der Waals surface area contributed by atoms with Crippen molar-refractivity contribution in [2.45, 2.75) is 32.9 Å². The quantitative estimate of drug-likeness (QED) is 0.331. The van der Waals surface area contributed by atoms with E-state index in [-0.39, 0.29) is 19.1 Å². The number of amides is 1. The molecule has 150 valence electrons. The molecule has 0 saturated carbocycles. The zero-order valence-electron chi connectivity index (χ0n) is 15.7. The molecule has 7 nitrogen and oxygen atoms in total. The van der Waals surface area contributed by atoms with Crippen LogP contribution in [-0.2, 0) is 23.7 Å². The maximum atomic E-state index is 13.4. The zero-order chi connectivity index (χ0) is 18.6. The molecule has 0 aliphatic heterocycles. The Balaban J connectivity index is 3.16. The molecule has 0 aliphatic rings. The number of carbonyl (C=O) groups is 1. The number of carbonyl (C=O) groups excluding carboxylic acids is 1. The second-order valence-corrected chi connectivity index (χ2v) is 5.42. The van der Waals surface area contributed by atoms with Gasteiger partial charge in [0, 0.05) is 13.0 Å². The molecule has 0 fully saturated rings. The molecule has 0 heterocycles. The fourth-order valence-corrected chi connectivity index (χ4v) is 1.79. The molecule has 25 heavy (non-hydrogen) atoms. The Morgan fingerprint density at radius 3 is 2.04 bits per heavy atom. The van der Waals surface area contributed by atoms with Crippen molar-refractivity contribution in [3.8, 4) is 0 Å². The Morgan fingerprint density at radius 2 is 1.48 bits per heavy atom. The first-order valence-electron chi connectivity index (χ1n) is 9.13. The zero-order valence-corrected chi connectivity index (χ0v) is 15.7. The fourth-order valence-electron chi connectivity index (χ4n) is 1.79. The predicted molar refractivity (Wildman–Crippen MR) is 94.6 cm³/mol. The summed E-state index contributed by atoms with van der Waals surface area (Å²) in [7, 11) is 0. The first-order valence-corrected chi connectivity index (χ1v) is 9.13. The number of nitrogens with one attached hydrogen (secondary N) is 2. The monoisotopic (exact) mass is 366 g/mol. The van der Waals surface area contributed by atoms with Crippen LogP contribution in [0.4, 0.5) is 4.39 Å². The minimum Gasteiger partial charge on any atom is -0.378 e. The summed E-state index contributed by atoms with van der Waals surface area (Å²) in [6, 6.07) is 0. The third-order valence-corrected chi connectivity index (χ3v) is 3.09. The van der Waals surface area contributed by atoms with E-state index in [1.807, 2.05) is 6.92 Å². The van der Waals surface area contributed by atoms with Crippen molar-refractivity contribution in [2.75, 3.05) is 72.5 Å². The van der Waals surface area contributed by atoms with Gasteiger partial charge < -0.3 is 29.6 Å². The average molecular weight is 366 g/mol. The highest BCUT2D eigenvalue weighted by Gasteiger charge is 2.08. The Labute approximate surface area is 150 Å². The molecule has 0 rings (SSSR count). The van der Waals surface area contributed by atoms with Gasteiger partial charge in [0.15, 0.2) is 0 Å². The van der Waals surface area contributed by atoms with Crippen LogP contribution in [0.3, 0.4) is 0 Å². The summed E-state index contributed by atoms with van der Waals surface area (Å²) < 4.78 is 34.6. The third kappa shape index (κ3) is 19.4. The van der Waals surface area contributed by atoms with Gasteiger partial charge in [0.25, 0.3) is 0 Å². The van der Waals surface area contributed by atoms with E-state index in [1.54, 1.807) is 0 Å². The summed E-state index contributed by atoms with van der Waals surface area (Å²) in [6.45, 7) is 9.16. The second-order valence-electron chi connectivity index (χ2n) is 5.42. The third-order valence-electron chi connectivity index (χ3n) is 3.09. The van der Waals surface area contributed by atoms with Gasteiger partial charge in [0.05, 0.1) is 59.4 Å². The van der Waals surface area contributed by atoms with E-state index in [0.717, 1.165) is 19.5 Å². The largest absolute Gasteiger partial charge is 0.378 e. The lowest BCUT2D eigenvalue weighted by Gasteiger charge is -2.11. The van der Waals surface area contributed by atoms with E-state index >= 15 is 0 Å². The van der Waals surface area contributed by atoms with Gasteiger partial charge in [0.2, 0.25) is 5.91 Å². The summed E-state index contributed by atoms with van der Waals surface area (Å²) in [5.74, 6) is -0.128. The first kappa shape index (κ1) is 24.2. The molecule has 0 aromatic rings. The Hall–Kier alpha value is -0.800. The van der Waals surface area contributed by atoms with Gasteiger partial charge in [-0.05, 0) is 13.0 Å². The van der Waals surface area contributed by atoms with Crippen LogP contribution in [0.15, 0.2) is 0 Å². The fraction of sp³-hybridized carbons (Fsp3) is 0.941. The van der Waals surface area contributed by atoms with Crippen molar-refractivity contribution in [3.63, 3.8) is 0 Å². The minimum absolute atomic E-state index is 0.00981. The molecule has 1 unspecified atom stereocenters. The molecule has 1 atom stereocenters. The highest BCUT2D eigenvalue weighted by molar-refractivity contribution is 5.75. The molecule has 1 amide bonds. The normalized spacial score (nSPS) is 12.3. The minimum atomic E-state index is -1.20. The lowest BCUT2D eigenvalue weighted by Crippen LogP contribution is -2.32. The van der Waals surface area contributed by atoms with Crippen LogP contribution in [0.25, 0.3) is 0 Å². The molecule has 0 aromatic carbocycles. The Morgan fingerprint density at radius 1 is 0.920 bits per heavy atom. The van der Waals surface area contributed by atoms with Gasteiger partial charge in [0.1, 0.15) is 6.17 Å². The van der Waals surface area contributed by atoms with Crippen LogP contribution < -0.4 is 10.6 Å². The standard InChI is InChI=1S/C17H35FN2O5/c1-3-5-17(21)20-14-16(18)15-25-13-12-24-11-10-23-9-8-22-7-6-19-4-2/h16,19H,3-15H2,1-2H3,(H,20,21). The highest BCUT2D eigenvalue weighted by atomic mass is 19.1. The van der Waals surface area contributed by atoms with Crippen molar-refractivity contribution >= 4 is 5.91 Å². The number of likely N-dealkylation sites (N-methyl/N-ethyl adjacent to an activating group) is 1. The van der Waals surface area contributed by atoms with Gasteiger partial charge in [-0.15, -0.1) is 0 Å². The number of halogens is 1. The predicted octanol–water partition coefficient (Wildman–Crippen LogP) is 0.917. The van der Waals surface area contributed by atoms with Gasteiger partial charge in [-0.25, -0.2) is 4.39 Å². The van der Waals surface area contributed by atoms with Crippen molar-refractivity contribution in [1.29, 1.82) is 0 Å². The molecule has 0 aromatic heterocycles. The molecule has 0 spiro atoms. The van der Waals surface area contributed by atoms with E-state index in [1.165, 1.54) is 0 Å². The molecule has 2 N–H and O–H groups in total. The topological polar surface area (TPSA) is 78.1 Å². The smallest absolute Gasteiger partial charge is 0.220 e. The first-order chi connectivity index (χ1) is 12.2. The van der Waals surface area contributed by atoms with Crippen LogP contribution in [0.5, 0.6) is 0 Å². The number of hydrogen-bond acceptors (Lipinski definition) is 6. The highest BCUT2D eigenvalue weighted by Crippen LogP contribution is 1.93. The van der Waals surface area contributed by atoms with Crippen molar-refractivity contribution in [2.24, 2.45) is 0 Å². The molecule has 8 heteroatoms. The van der Waals surface area contributed by atoms with E-state index in [0.29, 0.717) is 52.7 Å². The summed E-state index contributed by atoms with van der Waals surface area (Å²) in [5.41, 5.74) is 0. The number of ether oxygens (including phenoxy) is 4. The van der Waals surface area contributed by atoms with Crippen molar-refractivity contribution < 1.29 is 28.1 Å². The molecule has 0 bridgehead atoms. The molecular weight excluding hydrogens is 331 g/mol. The van der Waals surface area contributed by atoms with Crippen molar-refractivity contribution in [3.05, 3.63) is 0 Å². The number of alkyl halides is 1. The summed E-state index contributed by atoms with van der Waals surface area (Å²) in [5, 5.41) is 5.70.